The number of anilines is 3. The Morgan fingerprint density at radius 2 is 1.68 bits per heavy atom. The molecule has 0 radical (unpaired) electrons. The molecule has 0 aliphatic heterocycles. The zero-order valence-corrected chi connectivity index (χ0v) is 25.3. The first-order valence-corrected chi connectivity index (χ1v) is 14.8. The van der Waals surface area contributed by atoms with Gasteiger partial charge in [0.1, 0.15) is 0 Å². The van der Waals surface area contributed by atoms with Crippen molar-refractivity contribution in [3.05, 3.63) is 64.7 Å². The van der Waals surface area contributed by atoms with Gasteiger partial charge in [0.2, 0.25) is 17.8 Å². The maximum absolute atomic E-state index is 12.8. The van der Waals surface area contributed by atoms with Crippen LogP contribution in [0.25, 0.3) is 0 Å². The Kier molecular flexibility index (Phi) is 10.6. The number of rotatable bonds is 14. The van der Waals surface area contributed by atoms with E-state index in [2.05, 4.69) is 35.6 Å². The lowest BCUT2D eigenvalue weighted by molar-refractivity contribution is -0.154. The van der Waals surface area contributed by atoms with Crippen LogP contribution in [0, 0.1) is 0 Å². The van der Waals surface area contributed by atoms with Gasteiger partial charge in [-0.15, -0.1) is 0 Å². The van der Waals surface area contributed by atoms with Gasteiger partial charge >= 0.3 is 12.2 Å². The van der Waals surface area contributed by atoms with Gasteiger partial charge in [0, 0.05) is 43.3 Å². The van der Waals surface area contributed by atoms with Crippen molar-refractivity contribution in [2.24, 2.45) is 0 Å². The number of hydrogen-bond acceptors (Lipinski definition) is 9. The number of nitrogens with zero attached hydrogens (tertiary/aromatic N) is 4. The minimum atomic E-state index is -4.59. The lowest BCUT2D eigenvalue weighted by atomic mass is 10.1. The van der Waals surface area contributed by atoms with Crippen LogP contribution in [0.2, 0.25) is 5.02 Å². The van der Waals surface area contributed by atoms with E-state index in [4.69, 9.17) is 16.3 Å². The van der Waals surface area contributed by atoms with Crippen LogP contribution >= 0.6 is 11.6 Å². The second-order valence-electron chi connectivity index (χ2n) is 10.0. The number of alkyl halides is 3. The Balaban J connectivity index is 1.38. The maximum Gasteiger partial charge on any atom is 0.422 e. The lowest BCUT2D eigenvalue weighted by Gasteiger charge is -2.19. The predicted octanol–water partition coefficient (Wildman–Crippen LogP) is 4.08. The molecule has 44 heavy (non-hydrogen) atoms. The van der Waals surface area contributed by atoms with Crippen molar-refractivity contribution in [1.82, 2.24) is 29.3 Å². The molecule has 1 aliphatic rings. The van der Waals surface area contributed by atoms with Crippen molar-refractivity contribution in [3.8, 4) is 6.01 Å². The number of nitrogens with one attached hydrogen (secondary N) is 4. The number of carbonyl (C=O) groups excluding carboxylic acids is 2. The normalized spacial score (nSPS) is 14.4. The first kappa shape index (κ1) is 32.9. The summed E-state index contributed by atoms with van der Waals surface area (Å²) in [4.78, 5) is 36.6. The summed E-state index contributed by atoms with van der Waals surface area (Å²) < 4.78 is 58.6. The number of halogens is 4. The van der Waals surface area contributed by atoms with E-state index >= 15 is 0 Å². The summed E-state index contributed by atoms with van der Waals surface area (Å²) >= 11 is 4.39. The van der Waals surface area contributed by atoms with Crippen LogP contribution in [0.3, 0.4) is 0 Å². The molecule has 2 aromatic carbocycles. The van der Waals surface area contributed by atoms with Crippen LogP contribution in [-0.4, -0.2) is 68.7 Å². The second-order valence-corrected chi connectivity index (χ2v) is 11.9. The fraction of sp³-hybridized carbons (Fsp3) is 0.370. The zero-order valence-electron chi connectivity index (χ0n) is 23.7. The third-order valence-corrected chi connectivity index (χ3v) is 7.60. The van der Waals surface area contributed by atoms with Gasteiger partial charge in [-0.25, -0.2) is 8.51 Å². The molecule has 3 aromatic rings. The standard InChI is InChI=1S/C27H30ClF3N8O4S/c1-39(2)44(42)38-21(40)4-3-15-32-22(41)17-5-11-20(12-6-17)33-23-34-24(36-25(35-23)43-16-27(29,30)31)37-26(13-14-26)18-7-9-19(28)10-8-18/h5-12H,3-4,13-16H2,1-2H3,(H,32,41)(H,38,40)(H2,33,34,35,36,37). The molecule has 1 heterocycles. The molecule has 1 aromatic heterocycles. The fourth-order valence-electron chi connectivity index (χ4n) is 3.90. The Hall–Kier alpha value is -4.02. The van der Waals surface area contributed by atoms with Crippen LogP contribution in [-0.2, 0) is 21.5 Å². The summed E-state index contributed by atoms with van der Waals surface area (Å²) in [7, 11) is 3.13. The second kappa shape index (κ2) is 14.2. The quantitative estimate of drug-likeness (QED) is 0.189. The van der Waals surface area contributed by atoms with Crippen LogP contribution in [0.5, 0.6) is 6.01 Å². The molecule has 1 unspecified atom stereocenters. The molecule has 4 rings (SSSR count). The topological polar surface area (TPSA) is 150 Å². The van der Waals surface area contributed by atoms with Crippen LogP contribution < -0.4 is 25.4 Å². The average molecular weight is 655 g/mol. The smallest absolute Gasteiger partial charge is 0.422 e. The average Bonchev–Trinajstić information content (AvgIpc) is 3.74. The van der Waals surface area contributed by atoms with E-state index in [9.17, 15) is 27.0 Å². The molecule has 236 valence electrons. The molecule has 1 aliphatic carbocycles. The molecule has 1 saturated carbocycles. The minimum Gasteiger partial charge on any atom is -0.454 e. The van der Waals surface area contributed by atoms with E-state index in [1.165, 1.54) is 16.4 Å². The number of ether oxygens (including phenoxy) is 1. The van der Waals surface area contributed by atoms with Gasteiger partial charge in [-0.05, 0) is 61.2 Å². The monoisotopic (exact) mass is 654 g/mol. The van der Waals surface area contributed by atoms with Crippen molar-refractivity contribution < 1.29 is 31.7 Å². The van der Waals surface area contributed by atoms with Crippen molar-refractivity contribution in [2.75, 3.05) is 37.9 Å². The summed E-state index contributed by atoms with van der Waals surface area (Å²) in [6.45, 7) is -1.36. The summed E-state index contributed by atoms with van der Waals surface area (Å²) in [5.41, 5.74) is 1.20. The van der Waals surface area contributed by atoms with E-state index in [1.54, 1.807) is 38.4 Å². The van der Waals surface area contributed by atoms with E-state index < -0.39 is 41.4 Å². The fourth-order valence-corrected chi connectivity index (χ4v) is 4.51. The van der Waals surface area contributed by atoms with Crippen molar-refractivity contribution in [3.63, 3.8) is 0 Å². The summed E-state index contributed by atoms with van der Waals surface area (Å²) in [6, 6.07) is 12.9. The molecular weight excluding hydrogens is 625 g/mol. The van der Waals surface area contributed by atoms with E-state index in [1.807, 2.05) is 12.1 Å². The highest BCUT2D eigenvalue weighted by molar-refractivity contribution is 7.81. The molecule has 0 spiro atoms. The largest absolute Gasteiger partial charge is 0.454 e. The Labute approximate surface area is 258 Å². The van der Waals surface area contributed by atoms with Crippen molar-refractivity contribution in [2.45, 2.75) is 37.4 Å². The van der Waals surface area contributed by atoms with Crippen LogP contribution in [0.4, 0.5) is 30.8 Å². The number of amides is 2. The summed E-state index contributed by atoms with van der Waals surface area (Å²) in [5.74, 6) is -0.829. The third-order valence-electron chi connectivity index (χ3n) is 6.28. The highest BCUT2D eigenvalue weighted by atomic mass is 35.5. The number of benzene rings is 2. The molecule has 17 heteroatoms. The molecule has 0 saturated heterocycles. The lowest BCUT2D eigenvalue weighted by Crippen LogP contribution is -2.34. The molecule has 1 fully saturated rings. The summed E-state index contributed by atoms with van der Waals surface area (Å²) in [5, 5.41) is 9.37. The molecule has 2 amide bonds. The van der Waals surface area contributed by atoms with E-state index in [0.29, 0.717) is 22.7 Å². The zero-order chi connectivity index (χ0) is 31.9. The van der Waals surface area contributed by atoms with Gasteiger partial charge in [-0.2, -0.15) is 28.1 Å². The summed E-state index contributed by atoms with van der Waals surface area (Å²) in [6.07, 6.45) is -2.67. The number of hydrogen-bond donors (Lipinski definition) is 4. The van der Waals surface area contributed by atoms with Gasteiger partial charge < -0.3 is 20.7 Å². The molecule has 4 N–H and O–H groups in total. The van der Waals surface area contributed by atoms with Gasteiger partial charge in [0.15, 0.2) is 17.8 Å². The Morgan fingerprint density at radius 3 is 2.30 bits per heavy atom. The van der Waals surface area contributed by atoms with Gasteiger partial charge in [-0.3, -0.25) is 14.3 Å². The first-order chi connectivity index (χ1) is 20.8. The van der Waals surface area contributed by atoms with Crippen LogP contribution in [0.1, 0.15) is 41.6 Å². The van der Waals surface area contributed by atoms with Crippen LogP contribution in [0.15, 0.2) is 48.5 Å². The van der Waals surface area contributed by atoms with Gasteiger partial charge in [-0.1, -0.05) is 23.7 Å². The van der Waals surface area contributed by atoms with Gasteiger partial charge in [0.05, 0.1) is 5.54 Å². The first-order valence-electron chi connectivity index (χ1n) is 13.4. The minimum absolute atomic E-state index is 0.0183. The highest BCUT2D eigenvalue weighted by Gasteiger charge is 2.45. The van der Waals surface area contributed by atoms with Crippen molar-refractivity contribution >= 4 is 52.2 Å². The SMILES string of the molecule is CN(C)S(=O)NC(=O)CCCNC(=O)c1ccc(Nc2nc(NC3(c4ccc(Cl)cc4)CC3)nc(OCC(F)(F)F)n2)cc1. The van der Waals surface area contributed by atoms with Crippen molar-refractivity contribution in [1.29, 1.82) is 0 Å². The number of carbonyl (C=O) groups is 2. The van der Waals surface area contributed by atoms with E-state index in [0.717, 1.165) is 18.4 Å². The van der Waals surface area contributed by atoms with E-state index in [-0.39, 0.29) is 30.8 Å². The Morgan fingerprint density at radius 1 is 1.02 bits per heavy atom. The van der Waals surface area contributed by atoms with Gasteiger partial charge in [0.25, 0.3) is 5.91 Å². The third kappa shape index (κ3) is 9.75. The molecule has 0 bridgehead atoms. The number of aromatic nitrogens is 3. The molecular formula is C27H30ClF3N8O4S. The Bertz CT molecular complexity index is 1490. The maximum atomic E-state index is 12.8. The highest BCUT2D eigenvalue weighted by Crippen LogP contribution is 2.48. The predicted molar refractivity (Wildman–Crippen MR) is 159 cm³/mol. The molecule has 12 nitrogen and oxygen atoms in total. The molecule has 1 atom stereocenters.